The summed E-state index contributed by atoms with van der Waals surface area (Å²) in [4.78, 5) is 7.58. The van der Waals surface area contributed by atoms with Gasteiger partial charge in [-0.2, -0.15) is 5.26 Å². The van der Waals surface area contributed by atoms with Crippen molar-refractivity contribution in [3.8, 4) is 6.07 Å². The fourth-order valence-corrected chi connectivity index (χ4v) is 1.53. The zero-order valence-corrected chi connectivity index (χ0v) is 10.1. The van der Waals surface area contributed by atoms with E-state index in [2.05, 4.69) is 9.97 Å². The molecule has 0 bridgehead atoms. The van der Waals surface area contributed by atoms with Gasteiger partial charge in [-0.3, -0.25) is 0 Å². The van der Waals surface area contributed by atoms with Gasteiger partial charge in [0.15, 0.2) is 0 Å². The van der Waals surface area contributed by atoms with Gasteiger partial charge in [-0.15, -0.1) is 0 Å². The van der Waals surface area contributed by atoms with Gasteiger partial charge in [-0.25, -0.2) is 9.97 Å². The van der Waals surface area contributed by atoms with Crippen LogP contribution in [0.1, 0.15) is 31.2 Å². The van der Waals surface area contributed by atoms with Crippen LogP contribution in [0.4, 0.5) is 0 Å². The molecule has 0 spiro atoms. The van der Waals surface area contributed by atoms with Gasteiger partial charge in [0, 0.05) is 35.4 Å². The van der Waals surface area contributed by atoms with Gasteiger partial charge >= 0.3 is 0 Å². The molecule has 88 valence electrons. The summed E-state index contributed by atoms with van der Waals surface area (Å²) in [6, 6.07) is 1.80. The van der Waals surface area contributed by atoms with Crippen LogP contribution < -0.4 is 0 Å². The summed E-state index contributed by atoms with van der Waals surface area (Å²) >= 11 is 0. The molecule has 5 nitrogen and oxygen atoms in total. The van der Waals surface area contributed by atoms with E-state index in [1.54, 1.807) is 19.9 Å². The smallest absolute Gasteiger partial charge is 0.232 e. The second-order valence-electron chi connectivity index (χ2n) is 3.46. The number of nitrogens with zero attached hydrogens (tertiary/aromatic N) is 3. The van der Waals surface area contributed by atoms with Crippen LogP contribution in [0.15, 0.2) is 12.4 Å². The van der Waals surface area contributed by atoms with E-state index in [0.717, 1.165) is 0 Å². The normalized spacial score (nSPS) is 15.4. The van der Waals surface area contributed by atoms with E-state index in [1.165, 1.54) is 12.4 Å². The van der Waals surface area contributed by atoms with Crippen LogP contribution >= 0.6 is 0 Å². The Morgan fingerprint density at radius 2 is 1.62 bits per heavy atom. The van der Waals surface area contributed by atoms with Crippen molar-refractivity contribution in [1.29, 1.82) is 5.26 Å². The first kappa shape index (κ1) is 15.0. The number of aliphatic hydroxyl groups excluding tert-OH is 2. The molecule has 0 saturated heterocycles. The summed E-state index contributed by atoms with van der Waals surface area (Å²) in [5.74, 6) is -0.355. The molecule has 0 aromatic carbocycles. The second-order valence-corrected chi connectivity index (χ2v) is 3.46. The molecule has 0 radical (unpaired) electrons. The maximum atomic E-state index is 9.48. The van der Waals surface area contributed by atoms with Crippen molar-refractivity contribution < 1.29 is 27.3 Å². The Morgan fingerprint density at radius 1 is 1.19 bits per heavy atom. The maximum absolute atomic E-state index is 9.48. The van der Waals surface area contributed by atoms with E-state index < -0.39 is 18.1 Å². The van der Waals surface area contributed by atoms with Crippen LogP contribution in [0.5, 0.6) is 0 Å². The van der Waals surface area contributed by atoms with Gasteiger partial charge in [-0.05, 0) is 19.4 Å². The molecule has 1 aromatic rings. The van der Waals surface area contributed by atoms with Gasteiger partial charge < -0.3 is 10.2 Å². The van der Waals surface area contributed by atoms with Gasteiger partial charge in [0.25, 0.3) is 0 Å². The molecule has 16 heavy (non-hydrogen) atoms. The predicted octanol–water partition coefficient (Wildman–Crippen LogP) is 0.191. The summed E-state index contributed by atoms with van der Waals surface area (Å²) in [6.07, 6.45) is 1.52. The number of aromatic nitrogens is 2. The van der Waals surface area contributed by atoms with Crippen LogP contribution in [0.2, 0.25) is 0 Å². The Hall–Kier alpha value is -0.991. The molecule has 0 fully saturated rings. The number of hydrogen-bond donors (Lipinski definition) is 2. The van der Waals surface area contributed by atoms with E-state index in [-0.39, 0.29) is 22.9 Å². The third-order valence-electron chi connectivity index (χ3n) is 2.20. The SMILES string of the molecule is CC(O)C(c1cnc(C#N)nc1)C(C)O.[Fe]. The largest absolute Gasteiger partial charge is 0.393 e. The van der Waals surface area contributed by atoms with Crippen molar-refractivity contribution in [2.75, 3.05) is 0 Å². The Bertz CT molecular complexity index is 351. The Kier molecular flexibility index (Phi) is 6.16. The van der Waals surface area contributed by atoms with Gasteiger partial charge in [-0.1, -0.05) is 0 Å². The number of hydrogen-bond acceptors (Lipinski definition) is 5. The minimum absolute atomic E-state index is 0. The van der Waals surface area contributed by atoms with Crippen molar-refractivity contribution >= 4 is 0 Å². The molecular formula is C10H13FeN3O2. The fourth-order valence-electron chi connectivity index (χ4n) is 1.53. The monoisotopic (exact) mass is 263 g/mol. The van der Waals surface area contributed by atoms with E-state index >= 15 is 0 Å². The number of aliphatic hydroxyl groups is 2. The Morgan fingerprint density at radius 3 is 1.94 bits per heavy atom. The summed E-state index contributed by atoms with van der Waals surface area (Å²) in [7, 11) is 0. The molecule has 0 amide bonds. The van der Waals surface area contributed by atoms with E-state index in [0.29, 0.717) is 5.56 Å². The van der Waals surface area contributed by atoms with E-state index in [9.17, 15) is 10.2 Å². The van der Waals surface area contributed by atoms with Crippen LogP contribution in [0.3, 0.4) is 0 Å². The minimum Gasteiger partial charge on any atom is -0.393 e. The third-order valence-corrected chi connectivity index (χ3v) is 2.20. The molecule has 1 aromatic heterocycles. The quantitative estimate of drug-likeness (QED) is 0.760. The second kappa shape index (κ2) is 6.56. The first-order valence-corrected chi connectivity index (χ1v) is 4.64. The third kappa shape index (κ3) is 3.54. The van der Waals surface area contributed by atoms with Crippen LogP contribution in [0, 0.1) is 11.3 Å². The molecular weight excluding hydrogens is 250 g/mol. The van der Waals surface area contributed by atoms with E-state index in [4.69, 9.17) is 5.26 Å². The molecule has 0 saturated carbocycles. The Labute approximate surface area is 105 Å². The van der Waals surface area contributed by atoms with Crippen molar-refractivity contribution in [3.63, 3.8) is 0 Å². The van der Waals surface area contributed by atoms with Gasteiger partial charge in [0.1, 0.15) is 6.07 Å². The maximum Gasteiger partial charge on any atom is 0.232 e. The van der Waals surface area contributed by atoms with Crippen molar-refractivity contribution in [2.45, 2.75) is 32.0 Å². The topological polar surface area (TPSA) is 90.0 Å². The fraction of sp³-hybridized carbons (Fsp3) is 0.500. The van der Waals surface area contributed by atoms with Crippen LogP contribution in [-0.4, -0.2) is 32.4 Å². The molecule has 0 aliphatic heterocycles. The van der Waals surface area contributed by atoms with Gasteiger partial charge in [0.05, 0.1) is 12.2 Å². The molecule has 0 aliphatic rings. The number of nitriles is 1. The van der Waals surface area contributed by atoms with Crippen LogP contribution in [-0.2, 0) is 17.1 Å². The zero-order chi connectivity index (χ0) is 11.4. The molecule has 0 aliphatic carbocycles. The van der Waals surface area contributed by atoms with Crippen molar-refractivity contribution in [1.82, 2.24) is 9.97 Å². The molecule has 6 heteroatoms. The van der Waals surface area contributed by atoms with Crippen molar-refractivity contribution in [2.24, 2.45) is 0 Å². The standard InChI is InChI=1S/C10H13N3O2.Fe/c1-6(14)10(7(2)15)8-4-12-9(3-11)13-5-8;/h4-7,10,14-15H,1-2H3;. The summed E-state index contributed by atoms with van der Waals surface area (Å²) in [5.41, 5.74) is 0.624. The van der Waals surface area contributed by atoms with E-state index in [1.807, 2.05) is 0 Å². The average Bonchev–Trinajstić information content (AvgIpc) is 2.18. The molecule has 2 N–H and O–H groups in total. The first-order chi connectivity index (χ1) is 7.06. The summed E-state index contributed by atoms with van der Waals surface area (Å²) in [6.45, 7) is 3.19. The first-order valence-electron chi connectivity index (χ1n) is 4.64. The molecule has 1 heterocycles. The average molecular weight is 263 g/mol. The summed E-state index contributed by atoms with van der Waals surface area (Å²) < 4.78 is 0. The zero-order valence-electron chi connectivity index (χ0n) is 8.98. The van der Waals surface area contributed by atoms with Gasteiger partial charge in [0.2, 0.25) is 5.82 Å². The summed E-state index contributed by atoms with van der Waals surface area (Å²) in [5, 5.41) is 27.5. The van der Waals surface area contributed by atoms with Crippen molar-refractivity contribution in [3.05, 3.63) is 23.8 Å². The molecule has 1 rings (SSSR count). The minimum atomic E-state index is -0.693. The predicted molar refractivity (Wildman–Crippen MR) is 52.8 cm³/mol. The Balaban J connectivity index is 0.00000225. The molecule has 2 unspecified atom stereocenters. The molecule has 2 atom stereocenters. The van der Waals surface area contributed by atoms with Crippen LogP contribution in [0.25, 0.3) is 0 Å². The number of rotatable bonds is 3.